The highest BCUT2D eigenvalue weighted by Crippen LogP contribution is 2.15. The number of carbonyl (C=O) groups is 1. The van der Waals surface area contributed by atoms with E-state index in [2.05, 4.69) is 37.9 Å². The van der Waals surface area contributed by atoms with Gasteiger partial charge in [-0.25, -0.2) is 4.79 Å². The van der Waals surface area contributed by atoms with Gasteiger partial charge in [0.2, 0.25) is 0 Å². The van der Waals surface area contributed by atoms with E-state index in [1.807, 2.05) is 6.92 Å². The highest BCUT2D eigenvalue weighted by atomic mass is 16.4. The standard InChI is InChI=1S/C16H23NO2/c1-11(2)6-5-7-12(3)8-9-14-10-17-15(13(14)4)16(18)19/h6,8,10,17H,5,7,9H2,1-4H3,(H,18,19)/b12-8+. The van der Waals surface area contributed by atoms with Crippen molar-refractivity contribution < 1.29 is 9.90 Å². The van der Waals surface area contributed by atoms with Crippen molar-refractivity contribution in [3.63, 3.8) is 0 Å². The summed E-state index contributed by atoms with van der Waals surface area (Å²) in [6.45, 7) is 8.19. The van der Waals surface area contributed by atoms with Gasteiger partial charge in [0.25, 0.3) is 0 Å². The van der Waals surface area contributed by atoms with Crippen LogP contribution in [0.25, 0.3) is 0 Å². The number of nitrogens with one attached hydrogen (secondary N) is 1. The predicted molar refractivity (Wildman–Crippen MR) is 78.6 cm³/mol. The first-order valence-electron chi connectivity index (χ1n) is 6.61. The Labute approximate surface area is 115 Å². The molecule has 2 N–H and O–H groups in total. The summed E-state index contributed by atoms with van der Waals surface area (Å²) in [6, 6.07) is 0. The summed E-state index contributed by atoms with van der Waals surface area (Å²) in [6.07, 6.45) is 9.12. The number of allylic oxidation sites excluding steroid dienone is 4. The minimum Gasteiger partial charge on any atom is -0.477 e. The minimum absolute atomic E-state index is 0.297. The van der Waals surface area contributed by atoms with Crippen molar-refractivity contribution in [2.24, 2.45) is 0 Å². The molecule has 0 aromatic carbocycles. The van der Waals surface area contributed by atoms with Crippen LogP contribution in [0.2, 0.25) is 0 Å². The largest absolute Gasteiger partial charge is 0.477 e. The molecule has 0 aliphatic carbocycles. The molecule has 0 radical (unpaired) electrons. The summed E-state index contributed by atoms with van der Waals surface area (Å²) in [5, 5.41) is 8.97. The molecular weight excluding hydrogens is 238 g/mol. The van der Waals surface area contributed by atoms with E-state index in [1.165, 1.54) is 11.1 Å². The molecule has 0 amide bonds. The maximum atomic E-state index is 10.9. The van der Waals surface area contributed by atoms with Crippen molar-refractivity contribution >= 4 is 5.97 Å². The van der Waals surface area contributed by atoms with Crippen LogP contribution < -0.4 is 0 Å². The Morgan fingerprint density at radius 1 is 1.32 bits per heavy atom. The number of aromatic nitrogens is 1. The van der Waals surface area contributed by atoms with Gasteiger partial charge in [-0.3, -0.25) is 0 Å². The van der Waals surface area contributed by atoms with Crippen molar-refractivity contribution in [3.05, 3.63) is 46.3 Å². The number of hydrogen-bond donors (Lipinski definition) is 2. The summed E-state index contributed by atoms with van der Waals surface area (Å²) in [5.41, 5.74) is 4.88. The first-order valence-corrected chi connectivity index (χ1v) is 6.61. The molecule has 0 unspecified atom stereocenters. The smallest absolute Gasteiger partial charge is 0.352 e. The molecule has 0 bridgehead atoms. The molecular formula is C16H23NO2. The Morgan fingerprint density at radius 2 is 2.00 bits per heavy atom. The molecule has 0 fully saturated rings. The van der Waals surface area contributed by atoms with E-state index in [4.69, 9.17) is 5.11 Å². The fraction of sp³-hybridized carbons (Fsp3) is 0.438. The van der Waals surface area contributed by atoms with E-state index < -0.39 is 5.97 Å². The fourth-order valence-electron chi connectivity index (χ4n) is 1.95. The topological polar surface area (TPSA) is 53.1 Å². The zero-order valence-corrected chi connectivity index (χ0v) is 12.2. The highest BCUT2D eigenvalue weighted by molar-refractivity contribution is 5.87. The molecule has 0 spiro atoms. The van der Waals surface area contributed by atoms with Crippen LogP contribution in [0.15, 0.2) is 29.5 Å². The lowest BCUT2D eigenvalue weighted by Crippen LogP contribution is -1.98. The summed E-state index contributed by atoms with van der Waals surface area (Å²) in [5.74, 6) is -0.895. The fourth-order valence-corrected chi connectivity index (χ4v) is 1.95. The Morgan fingerprint density at radius 3 is 2.53 bits per heavy atom. The Kier molecular flexibility index (Phi) is 5.61. The monoisotopic (exact) mass is 261 g/mol. The molecule has 104 valence electrons. The zero-order chi connectivity index (χ0) is 14.4. The van der Waals surface area contributed by atoms with Gasteiger partial charge in [0, 0.05) is 6.20 Å². The van der Waals surface area contributed by atoms with Crippen LogP contribution in [-0.2, 0) is 6.42 Å². The summed E-state index contributed by atoms with van der Waals surface area (Å²) >= 11 is 0. The Balaban J connectivity index is 2.60. The average molecular weight is 261 g/mol. The zero-order valence-electron chi connectivity index (χ0n) is 12.2. The van der Waals surface area contributed by atoms with Crippen molar-refractivity contribution in [2.45, 2.75) is 47.0 Å². The van der Waals surface area contributed by atoms with Gasteiger partial charge < -0.3 is 10.1 Å². The summed E-state index contributed by atoms with van der Waals surface area (Å²) in [4.78, 5) is 13.7. The Bertz CT molecular complexity index is 503. The van der Waals surface area contributed by atoms with Crippen molar-refractivity contribution in [1.29, 1.82) is 0 Å². The quantitative estimate of drug-likeness (QED) is 0.752. The molecule has 1 aromatic heterocycles. The number of rotatable bonds is 6. The van der Waals surface area contributed by atoms with Crippen LogP contribution in [0.4, 0.5) is 0 Å². The van der Waals surface area contributed by atoms with Gasteiger partial charge in [0.05, 0.1) is 0 Å². The SMILES string of the molecule is CC(C)=CCC/C(C)=C/Cc1c[nH]c(C(=O)O)c1C. The van der Waals surface area contributed by atoms with Crippen LogP contribution in [-0.4, -0.2) is 16.1 Å². The molecule has 1 rings (SSSR count). The molecule has 0 aliphatic rings. The molecule has 0 aliphatic heterocycles. The lowest BCUT2D eigenvalue weighted by atomic mass is 10.1. The van der Waals surface area contributed by atoms with E-state index in [9.17, 15) is 4.79 Å². The molecule has 3 nitrogen and oxygen atoms in total. The minimum atomic E-state index is -0.895. The van der Waals surface area contributed by atoms with E-state index in [0.29, 0.717) is 5.69 Å². The van der Waals surface area contributed by atoms with Gasteiger partial charge in [-0.05, 0) is 58.1 Å². The highest BCUT2D eigenvalue weighted by Gasteiger charge is 2.11. The van der Waals surface area contributed by atoms with Crippen LogP contribution >= 0.6 is 0 Å². The Hall–Kier alpha value is -1.77. The van der Waals surface area contributed by atoms with Crippen LogP contribution in [0.3, 0.4) is 0 Å². The number of carboxylic acids is 1. The summed E-state index contributed by atoms with van der Waals surface area (Å²) < 4.78 is 0. The number of aromatic carboxylic acids is 1. The lowest BCUT2D eigenvalue weighted by molar-refractivity contribution is 0.0690. The molecule has 1 heterocycles. The van der Waals surface area contributed by atoms with Gasteiger partial charge in [-0.15, -0.1) is 0 Å². The average Bonchev–Trinajstić information content (AvgIpc) is 2.67. The molecule has 1 aromatic rings. The van der Waals surface area contributed by atoms with E-state index in [1.54, 1.807) is 6.20 Å². The van der Waals surface area contributed by atoms with Gasteiger partial charge in [0.15, 0.2) is 0 Å². The maximum Gasteiger partial charge on any atom is 0.352 e. The van der Waals surface area contributed by atoms with Crippen LogP contribution in [0.1, 0.15) is 55.2 Å². The number of H-pyrrole nitrogens is 1. The second-order valence-corrected chi connectivity index (χ2v) is 5.19. The second-order valence-electron chi connectivity index (χ2n) is 5.19. The predicted octanol–water partition coefficient (Wildman–Crippen LogP) is 4.26. The normalized spacial score (nSPS) is 11.5. The van der Waals surface area contributed by atoms with Crippen LogP contribution in [0.5, 0.6) is 0 Å². The molecule has 0 atom stereocenters. The molecule has 0 saturated carbocycles. The third kappa shape index (κ3) is 4.78. The summed E-state index contributed by atoms with van der Waals surface area (Å²) in [7, 11) is 0. The van der Waals surface area contributed by atoms with E-state index in [0.717, 1.165) is 30.4 Å². The van der Waals surface area contributed by atoms with Gasteiger partial charge in [0.1, 0.15) is 5.69 Å². The molecule has 0 saturated heterocycles. The van der Waals surface area contributed by atoms with Crippen LogP contribution in [0, 0.1) is 6.92 Å². The molecule has 19 heavy (non-hydrogen) atoms. The van der Waals surface area contributed by atoms with Crippen molar-refractivity contribution in [1.82, 2.24) is 4.98 Å². The number of aromatic amines is 1. The number of carboxylic acid groups (broad SMARTS) is 1. The lowest BCUT2D eigenvalue weighted by Gasteiger charge is -2.00. The first kappa shape index (κ1) is 15.3. The third-order valence-electron chi connectivity index (χ3n) is 3.22. The number of hydrogen-bond acceptors (Lipinski definition) is 1. The second kappa shape index (κ2) is 6.98. The van der Waals surface area contributed by atoms with E-state index in [-0.39, 0.29) is 0 Å². The van der Waals surface area contributed by atoms with Crippen molar-refractivity contribution in [2.75, 3.05) is 0 Å². The first-order chi connectivity index (χ1) is 8.91. The third-order valence-corrected chi connectivity index (χ3v) is 3.22. The van der Waals surface area contributed by atoms with Gasteiger partial charge in [-0.2, -0.15) is 0 Å². The van der Waals surface area contributed by atoms with Gasteiger partial charge in [-0.1, -0.05) is 23.3 Å². The molecule has 3 heteroatoms. The van der Waals surface area contributed by atoms with Crippen molar-refractivity contribution in [3.8, 4) is 0 Å². The maximum absolute atomic E-state index is 10.9. The van der Waals surface area contributed by atoms with Gasteiger partial charge >= 0.3 is 5.97 Å². The van der Waals surface area contributed by atoms with E-state index >= 15 is 0 Å².